The molecule has 2 aliphatic heterocycles. The van der Waals surface area contributed by atoms with Gasteiger partial charge in [0.1, 0.15) is 0 Å². The summed E-state index contributed by atoms with van der Waals surface area (Å²) in [6, 6.07) is 5.55. The topological polar surface area (TPSA) is 93.0 Å². The molecule has 0 aliphatic carbocycles. The second kappa shape index (κ2) is 12.9. The molecule has 35 heavy (non-hydrogen) atoms. The number of methoxy groups -OCH3 is 2. The van der Waals surface area contributed by atoms with Crippen molar-refractivity contribution in [3.05, 3.63) is 24.1 Å². The fraction of sp³-hybridized carbons (Fsp3) is 0.654. The Morgan fingerprint density at radius 2 is 1.77 bits per heavy atom. The van der Waals surface area contributed by atoms with Gasteiger partial charge in [-0.1, -0.05) is 18.0 Å². The molecular weight excluding hydrogens is 446 g/mol. The summed E-state index contributed by atoms with van der Waals surface area (Å²) in [5.74, 6) is 2.67. The average Bonchev–Trinajstić information content (AvgIpc) is 3.20. The van der Waals surface area contributed by atoms with Crippen LogP contribution in [0.5, 0.6) is 11.5 Å². The van der Waals surface area contributed by atoms with Crippen LogP contribution in [0.3, 0.4) is 0 Å². The third-order valence-corrected chi connectivity index (χ3v) is 7.08. The van der Waals surface area contributed by atoms with E-state index in [0.717, 1.165) is 51.0 Å². The third kappa shape index (κ3) is 7.18. The highest BCUT2D eigenvalue weighted by Gasteiger charge is 2.26. The molecule has 2 aliphatic rings. The first-order chi connectivity index (χ1) is 17.2. The van der Waals surface area contributed by atoms with Crippen molar-refractivity contribution in [3.8, 4) is 22.9 Å². The van der Waals surface area contributed by atoms with E-state index < -0.39 is 0 Å². The largest absolute Gasteiger partial charge is 0.493 e. The molecule has 1 aromatic carbocycles. The predicted octanol–water partition coefficient (Wildman–Crippen LogP) is 3.35. The van der Waals surface area contributed by atoms with Crippen LogP contribution >= 0.6 is 0 Å². The number of nitrogens with zero attached hydrogens (tertiary/aromatic N) is 4. The zero-order valence-electron chi connectivity index (χ0n) is 21.1. The van der Waals surface area contributed by atoms with Gasteiger partial charge in [-0.2, -0.15) is 4.98 Å². The first kappa shape index (κ1) is 25.4. The van der Waals surface area contributed by atoms with Crippen LogP contribution in [0, 0.1) is 5.92 Å². The Bertz CT molecular complexity index is 934. The van der Waals surface area contributed by atoms with E-state index in [-0.39, 0.29) is 11.8 Å². The lowest BCUT2D eigenvalue weighted by Gasteiger charge is -2.30. The maximum atomic E-state index is 12.6. The molecule has 4 rings (SSSR count). The second-order valence-corrected chi connectivity index (χ2v) is 9.53. The molecule has 9 heteroatoms. The lowest BCUT2D eigenvalue weighted by atomic mass is 9.96. The average molecular weight is 486 g/mol. The Kier molecular flexibility index (Phi) is 9.36. The molecule has 1 aromatic heterocycles. The number of ether oxygens (including phenoxy) is 2. The van der Waals surface area contributed by atoms with Gasteiger partial charge in [-0.25, -0.2) is 0 Å². The van der Waals surface area contributed by atoms with Crippen molar-refractivity contribution in [1.29, 1.82) is 0 Å². The van der Waals surface area contributed by atoms with Crippen molar-refractivity contribution in [2.75, 3.05) is 53.5 Å². The normalized spacial score (nSPS) is 18.2. The van der Waals surface area contributed by atoms with Crippen molar-refractivity contribution in [1.82, 2.24) is 25.3 Å². The van der Waals surface area contributed by atoms with Crippen molar-refractivity contribution < 1.29 is 18.8 Å². The number of carbonyl (C=O) groups is 1. The van der Waals surface area contributed by atoms with Gasteiger partial charge in [0, 0.05) is 18.0 Å². The summed E-state index contributed by atoms with van der Waals surface area (Å²) in [7, 11) is 3.21. The SMILES string of the molecule is COc1ccc(-c2noc(CN3CCC(C(=O)NCCCN4CCCCCC4)CC3)n2)cc1OC. The van der Waals surface area contributed by atoms with E-state index in [0.29, 0.717) is 29.8 Å². The molecule has 0 spiro atoms. The van der Waals surface area contributed by atoms with Crippen molar-refractivity contribution in [3.63, 3.8) is 0 Å². The van der Waals surface area contributed by atoms with Crippen molar-refractivity contribution in [2.45, 2.75) is 51.5 Å². The van der Waals surface area contributed by atoms with Crippen molar-refractivity contribution >= 4 is 5.91 Å². The Hall–Kier alpha value is -2.65. The number of aromatic nitrogens is 2. The maximum absolute atomic E-state index is 12.6. The Balaban J connectivity index is 1.18. The van der Waals surface area contributed by atoms with E-state index in [4.69, 9.17) is 14.0 Å². The summed E-state index contributed by atoms with van der Waals surface area (Å²) in [5, 5.41) is 7.30. The van der Waals surface area contributed by atoms with Gasteiger partial charge in [0.2, 0.25) is 17.6 Å². The van der Waals surface area contributed by atoms with E-state index in [9.17, 15) is 4.79 Å². The molecule has 3 heterocycles. The van der Waals surface area contributed by atoms with Gasteiger partial charge in [-0.3, -0.25) is 9.69 Å². The van der Waals surface area contributed by atoms with Gasteiger partial charge in [-0.05, 0) is 83.0 Å². The first-order valence-electron chi connectivity index (χ1n) is 12.9. The summed E-state index contributed by atoms with van der Waals surface area (Å²) in [4.78, 5) is 22.0. The Labute approximate surface area is 208 Å². The molecule has 0 unspecified atom stereocenters. The molecule has 1 amide bonds. The molecule has 192 valence electrons. The van der Waals surface area contributed by atoms with Crippen LogP contribution in [0.25, 0.3) is 11.4 Å². The van der Waals surface area contributed by atoms with Gasteiger partial charge in [0.25, 0.3) is 0 Å². The fourth-order valence-electron chi connectivity index (χ4n) is 4.97. The standard InChI is InChI=1S/C26H39N5O4/c1-33-22-9-8-21(18-23(22)34-2)25-28-24(35-29-25)19-31-16-10-20(11-17-31)26(32)27-12-7-15-30-13-5-3-4-6-14-30/h8-9,18,20H,3-7,10-17,19H2,1-2H3,(H,27,32). The number of rotatable bonds is 10. The molecule has 2 fully saturated rings. The minimum absolute atomic E-state index is 0.0921. The molecule has 0 atom stereocenters. The van der Waals surface area contributed by atoms with Gasteiger partial charge in [-0.15, -0.1) is 0 Å². The lowest BCUT2D eigenvalue weighted by molar-refractivity contribution is -0.126. The minimum Gasteiger partial charge on any atom is -0.493 e. The lowest BCUT2D eigenvalue weighted by Crippen LogP contribution is -2.41. The molecule has 1 N–H and O–H groups in total. The zero-order chi connectivity index (χ0) is 24.5. The highest BCUT2D eigenvalue weighted by molar-refractivity contribution is 5.78. The maximum Gasteiger partial charge on any atom is 0.241 e. The molecule has 0 bridgehead atoms. The van der Waals surface area contributed by atoms with Crippen LogP contribution in [0.1, 0.15) is 50.8 Å². The van der Waals surface area contributed by atoms with Crippen LogP contribution in [-0.4, -0.2) is 79.3 Å². The molecule has 0 saturated carbocycles. The Morgan fingerprint density at radius 3 is 2.49 bits per heavy atom. The van der Waals surface area contributed by atoms with Gasteiger partial charge >= 0.3 is 0 Å². The number of hydrogen-bond donors (Lipinski definition) is 1. The van der Waals surface area contributed by atoms with Gasteiger partial charge in [0.05, 0.1) is 20.8 Å². The number of likely N-dealkylation sites (tertiary alicyclic amines) is 2. The van der Waals surface area contributed by atoms with Crippen LogP contribution in [0.4, 0.5) is 0 Å². The van der Waals surface area contributed by atoms with Crippen LogP contribution in [0.15, 0.2) is 22.7 Å². The molecule has 0 radical (unpaired) electrons. The highest BCUT2D eigenvalue weighted by atomic mass is 16.5. The number of benzene rings is 1. The third-order valence-electron chi connectivity index (χ3n) is 7.08. The van der Waals surface area contributed by atoms with E-state index in [1.807, 2.05) is 18.2 Å². The minimum atomic E-state index is 0.0921. The van der Waals surface area contributed by atoms with Gasteiger partial charge < -0.3 is 24.2 Å². The predicted molar refractivity (Wildman–Crippen MR) is 133 cm³/mol. The fourth-order valence-corrected chi connectivity index (χ4v) is 4.97. The number of hydrogen-bond acceptors (Lipinski definition) is 8. The zero-order valence-corrected chi connectivity index (χ0v) is 21.1. The number of piperidine rings is 1. The van der Waals surface area contributed by atoms with E-state index in [1.165, 1.54) is 38.8 Å². The molecule has 2 saturated heterocycles. The summed E-state index contributed by atoms with van der Waals surface area (Å²) in [6.07, 6.45) is 8.08. The quantitative estimate of drug-likeness (QED) is 0.512. The van der Waals surface area contributed by atoms with E-state index in [1.54, 1.807) is 14.2 Å². The smallest absolute Gasteiger partial charge is 0.241 e. The van der Waals surface area contributed by atoms with Crippen LogP contribution < -0.4 is 14.8 Å². The molecule has 9 nitrogen and oxygen atoms in total. The second-order valence-electron chi connectivity index (χ2n) is 9.53. The summed E-state index contributed by atoms with van der Waals surface area (Å²) in [6.45, 7) is 6.57. The number of amides is 1. The van der Waals surface area contributed by atoms with Crippen LogP contribution in [0.2, 0.25) is 0 Å². The Morgan fingerprint density at radius 1 is 1.03 bits per heavy atom. The number of nitrogens with one attached hydrogen (secondary N) is 1. The van der Waals surface area contributed by atoms with Gasteiger partial charge in [0.15, 0.2) is 11.5 Å². The summed E-state index contributed by atoms with van der Waals surface area (Å²) >= 11 is 0. The van der Waals surface area contributed by atoms with E-state index >= 15 is 0 Å². The number of carbonyl (C=O) groups excluding carboxylic acids is 1. The molecular formula is C26H39N5O4. The summed E-state index contributed by atoms with van der Waals surface area (Å²) in [5.41, 5.74) is 0.809. The van der Waals surface area contributed by atoms with E-state index in [2.05, 4.69) is 25.3 Å². The highest BCUT2D eigenvalue weighted by Crippen LogP contribution is 2.31. The first-order valence-corrected chi connectivity index (χ1v) is 12.9. The van der Waals surface area contributed by atoms with Crippen LogP contribution in [-0.2, 0) is 11.3 Å². The monoisotopic (exact) mass is 485 g/mol. The molecule has 2 aromatic rings. The van der Waals surface area contributed by atoms with Crippen molar-refractivity contribution in [2.24, 2.45) is 5.92 Å². The summed E-state index contributed by atoms with van der Waals surface area (Å²) < 4.78 is 16.1.